The lowest BCUT2D eigenvalue weighted by atomic mass is 10.1. The number of sulfone groups is 1. The lowest BCUT2D eigenvalue weighted by molar-refractivity contribution is 0.589. The Bertz CT molecular complexity index is 501. The molecule has 86 valence electrons. The summed E-state index contributed by atoms with van der Waals surface area (Å²) in [5, 5.41) is 8.83. The maximum atomic E-state index is 11.7. The molecular formula is C11H14N2O2S. The summed E-state index contributed by atoms with van der Waals surface area (Å²) in [5.41, 5.74) is 6.39. The average molecular weight is 238 g/mol. The third kappa shape index (κ3) is 3.65. The summed E-state index contributed by atoms with van der Waals surface area (Å²) >= 11 is 0. The van der Waals surface area contributed by atoms with Crippen LogP contribution in [0, 0.1) is 11.3 Å². The van der Waals surface area contributed by atoms with Crippen molar-refractivity contribution in [3.8, 4) is 6.07 Å². The van der Waals surface area contributed by atoms with Crippen LogP contribution in [0.1, 0.15) is 18.1 Å². The fraction of sp³-hybridized carbons (Fsp3) is 0.364. The maximum absolute atomic E-state index is 11.7. The molecule has 0 saturated heterocycles. The van der Waals surface area contributed by atoms with Gasteiger partial charge >= 0.3 is 0 Å². The van der Waals surface area contributed by atoms with Crippen LogP contribution in [-0.4, -0.2) is 20.2 Å². The smallest absolute Gasteiger partial charge is 0.156 e. The van der Waals surface area contributed by atoms with Gasteiger partial charge in [0.05, 0.1) is 23.1 Å². The molecule has 4 nitrogen and oxygen atoms in total. The van der Waals surface area contributed by atoms with Crippen molar-refractivity contribution in [3.05, 3.63) is 35.4 Å². The van der Waals surface area contributed by atoms with Gasteiger partial charge in [-0.05, 0) is 18.6 Å². The van der Waals surface area contributed by atoms with Gasteiger partial charge in [0, 0.05) is 6.04 Å². The molecule has 1 aromatic rings. The molecule has 1 unspecified atom stereocenters. The molecule has 2 N–H and O–H groups in total. The maximum Gasteiger partial charge on any atom is 0.156 e. The predicted octanol–water partition coefficient (Wildman–Crippen LogP) is 0.820. The minimum Gasteiger partial charge on any atom is -0.327 e. The zero-order valence-corrected chi connectivity index (χ0v) is 9.87. The van der Waals surface area contributed by atoms with E-state index in [1.807, 2.05) is 6.07 Å². The van der Waals surface area contributed by atoms with E-state index in [0.717, 1.165) is 0 Å². The highest BCUT2D eigenvalue weighted by molar-refractivity contribution is 7.90. The van der Waals surface area contributed by atoms with Crippen molar-refractivity contribution in [2.45, 2.75) is 18.7 Å². The number of hydrogen-bond donors (Lipinski definition) is 1. The summed E-state index contributed by atoms with van der Waals surface area (Å²) in [5.74, 6) is -0.189. The van der Waals surface area contributed by atoms with Crippen LogP contribution in [0.5, 0.6) is 0 Å². The molecule has 1 atom stereocenters. The molecular weight excluding hydrogens is 224 g/mol. The van der Waals surface area contributed by atoms with Crippen LogP contribution in [0.25, 0.3) is 0 Å². The van der Waals surface area contributed by atoms with Crippen molar-refractivity contribution in [2.75, 3.05) is 5.75 Å². The van der Waals surface area contributed by atoms with Crippen LogP contribution in [0.3, 0.4) is 0 Å². The largest absolute Gasteiger partial charge is 0.327 e. The van der Waals surface area contributed by atoms with Crippen molar-refractivity contribution >= 4 is 9.84 Å². The minimum absolute atomic E-state index is 0.0627. The van der Waals surface area contributed by atoms with E-state index in [2.05, 4.69) is 0 Å². The van der Waals surface area contributed by atoms with E-state index in [-0.39, 0.29) is 17.5 Å². The second kappa shape index (κ2) is 5.10. The first-order chi connectivity index (χ1) is 7.44. The second-order valence-corrected chi connectivity index (χ2v) is 5.91. The van der Waals surface area contributed by atoms with E-state index in [4.69, 9.17) is 11.0 Å². The zero-order chi connectivity index (χ0) is 12.2. The predicted molar refractivity (Wildman–Crippen MR) is 62.3 cm³/mol. The van der Waals surface area contributed by atoms with Crippen LogP contribution in [-0.2, 0) is 15.6 Å². The van der Waals surface area contributed by atoms with Crippen molar-refractivity contribution in [1.29, 1.82) is 5.26 Å². The Balaban J connectivity index is 2.93. The SMILES string of the molecule is CC(N)CS(=O)(=O)Cc1ccccc1C#N. The summed E-state index contributed by atoms with van der Waals surface area (Å²) in [6.07, 6.45) is 0. The molecule has 1 aromatic carbocycles. The lowest BCUT2D eigenvalue weighted by Gasteiger charge is -2.08. The Hall–Kier alpha value is -1.38. The van der Waals surface area contributed by atoms with Crippen molar-refractivity contribution in [2.24, 2.45) is 5.73 Å². The van der Waals surface area contributed by atoms with E-state index in [1.54, 1.807) is 31.2 Å². The van der Waals surface area contributed by atoms with Crippen molar-refractivity contribution < 1.29 is 8.42 Å². The van der Waals surface area contributed by atoms with E-state index in [0.29, 0.717) is 11.1 Å². The Morgan fingerprint density at radius 2 is 2.06 bits per heavy atom. The molecule has 0 aliphatic carbocycles. The third-order valence-electron chi connectivity index (χ3n) is 2.03. The molecule has 0 radical (unpaired) electrons. The zero-order valence-electron chi connectivity index (χ0n) is 9.05. The normalized spacial score (nSPS) is 13.1. The topological polar surface area (TPSA) is 84.0 Å². The van der Waals surface area contributed by atoms with E-state index in [9.17, 15) is 8.42 Å². The molecule has 0 spiro atoms. The summed E-state index contributed by atoms with van der Waals surface area (Å²) in [7, 11) is -3.24. The van der Waals surface area contributed by atoms with Crippen LogP contribution in [0.4, 0.5) is 0 Å². The van der Waals surface area contributed by atoms with Gasteiger partial charge in [0.25, 0.3) is 0 Å². The van der Waals surface area contributed by atoms with Crippen LogP contribution >= 0.6 is 0 Å². The summed E-state index contributed by atoms with van der Waals surface area (Å²) in [6, 6.07) is 8.27. The first-order valence-corrected chi connectivity index (χ1v) is 6.71. The Labute approximate surface area is 95.6 Å². The summed E-state index contributed by atoms with van der Waals surface area (Å²) < 4.78 is 23.4. The Morgan fingerprint density at radius 1 is 1.44 bits per heavy atom. The molecule has 1 rings (SSSR count). The Morgan fingerprint density at radius 3 is 2.62 bits per heavy atom. The lowest BCUT2D eigenvalue weighted by Crippen LogP contribution is -2.27. The number of rotatable bonds is 4. The number of nitrogens with zero attached hydrogens (tertiary/aromatic N) is 1. The Kier molecular flexibility index (Phi) is 4.05. The first-order valence-electron chi connectivity index (χ1n) is 4.88. The summed E-state index contributed by atoms with van der Waals surface area (Å²) in [4.78, 5) is 0. The molecule has 5 heteroatoms. The monoisotopic (exact) mass is 238 g/mol. The molecule has 0 aliphatic heterocycles. The number of nitriles is 1. The second-order valence-electron chi connectivity index (χ2n) is 3.80. The third-order valence-corrected chi connectivity index (χ3v) is 3.81. The van der Waals surface area contributed by atoms with Gasteiger partial charge in [0.2, 0.25) is 0 Å². The van der Waals surface area contributed by atoms with Gasteiger partial charge in [0.15, 0.2) is 9.84 Å². The van der Waals surface area contributed by atoms with E-state index in [1.165, 1.54) is 0 Å². The number of benzene rings is 1. The molecule has 0 bridgehead atoms. The van der Waals surface area contributed by atoms with Gasteiger partial charge in [-0.15, -0.1) is 0 Å². The highest BCUT2D eigenvalue weighted by Crippen LogP contribution is 2.12. The van der Waals surface area contributed by atoms with E-state index < -0.39 is 9.84 Å². The molecule has 0 aromatic heterocycles. The quantitative estimate of drug-likeness (QED) is 0.841. The number of hydrogen-bond acceptors (Lipinski definition) is 4. The highest BCUT2D eigenvalue weighted by atomic mass is 32.2. The molecule has 0 amide bonds. The fourth-order valence-electron chi connectivity index (χ4n) is 1.45. The molecule has 0 heterocycles. The van der Waals surface area contributed by atoms with Gasteiger partial charge in [-0.3, -0.25) is 0 Å². The average Bonchev–Trinajstić information content (AvgIpc) is 2.15. The molecule has 0 fully saturated rings. The molecule has 16 heavy (non-hydrogen) atoms. The van der Waals surface area contributed by atoms with Crippen molar-refractivity contribution in [3.63, 3.8) is 0 Å². The fourth-order valence-corrected chi connectivity index (χ4v) is 3.10. The van der Waals surface area contributed by atoms with Gasteiger partial charge < -0.3 is 5.73 Å². The van der Waals surface area contributed by atoms with Crippen LogP contribution in [0.2, 0.25) is 0 Å². The molecule has 0 saturated carbocycles. The highest BCUT2D eigenvalue weighted by Gasteiger charge is 2.16. The van der Waals surface area contributed by atoms with Gasteiger partial charge in [-0.1, -0.05) is 18.2 Å². The van der Waals surface area contributed by atoms with Gasteiger partial charge in [-0.2, -0.15) is 5.26 Å². The van der Waals surface area contributed by atoms with Crippen LogP contribution < -0.4 is 5.73 Å². The van der Waals surface area contributed by atoms with Gasteiger partial charge in [0.1, 0.15) is 0 Å². The minimum atomic E-state index is -3.24. The van der Waals surface area contributed by atoms with Crippen LogP contribution in [0.15, 0.2) is 24.3 Å². The first kappa shape index (κ1) is 12.7. The standard InChI is InChI=1S/C11H14N2O2S/c1-9(13)7-16(14,15)8-11-5-3-2-4-10(11)6-12/h2-5,9H,7-8,13H2,1H3. The van der Waals surface area contributed by atoms with E-state index >= 15 is 0 Å². The summed E-state index contributed by atoms with van der Waals surface area (Å²) in [6.45, 7) is 1.65. The number of nitrogens with two attached hydrogens (primary N) is 1. The van der Waals surface area contributed by atoms with Gasteiger partial charge in [-0.25, -0.2) is 8.42 Å². The molecule has 0 aliphatic rings. The van der Waals surface area contributed by atoms with Crippen molar-refractivity contribution in [1.82, 2.24) is 0 Å².